The number of nitrogens with one attached hydrogen (secondary N) is 2. The Morgan fingerprint density at radius 3 is 2.54 bits per heavy atom. The van der Waals surface area contributed by atoms with Crippen LogP contribution in [0.25, 0.3) is 5.69 Å². The van der Waals surface area contributed by atoms with Gasteiger partial charge >= 0.3 is 0 Å². The van der Waals surface area contributed by atoms with Gasteiger partial charge in [0.2, 0.25) is 5.91 Å². The van der Waals surface area contributed by atoms with Crippen molar-refractivity contribution in [1.82, 2.24) is 14.9 Å². The minimum atomic E-state index is -0.566. The first-order chi connectivity index (χ1) is 18.7. The average Bonchev–Trinajstić information content (AvgIpc) is 3.53. The summed E-state index contributed by atoms with van der Waals surface area (Å²) in [5.41, 5.74) is 2.81. The molecule has 1 aliphatic rings. The number of amides is 1. The van der Waals surface area contributed by atoms with Crippen molar-refractivity contribution >= 4 is 34.6 Å². The predicted molar refractivity (Wildman–Crippen MR) is 155 cm³/mol. The Morgan fingerprint density at radius 1 is 1.08 bits per heavy atom. The summed E-state index contributed by atoms with van der Waals surface area (Å²) in [6.07, 6.45) is 3.58. The fourth-order valence-electron chi connectivity index (χ4n) is 4.68. The van der Waals surface area contributed by atoms with Crippen LogP contribution in [0.15, 0.2) is 85.2 Å². The number of carbonyl (C=O) groups is 1. The van der Waals surface area contributed by atoms with E-state index in [9.17, 15) is 9.18 Å². The number of thiocarbonyl (C=S) groups is 1. The van der Waals surface area contributed by atoms with E-state index in [1.807, 2.05) is 91.0 Å². The molecule has 3 heterocycles. The SMILES string of the molecule is COc1cc(N2C(=S)N[C@@H](c3ccccn3)[C@H]2c2cccn2-c2ccccc2F)ccc1NC(=O)C(C)(C)C. The molecule has 1 aliphatic heterocycles. The lowest BCUT2D eigenvalue weighted by Crippen LogP contribution is -2.30. The largest absolute Gasteiger partial charge is 0.494 e. The molecule has 2 aromatic carbocycles. The number of carbonyl (C=O) groups excluding carboxylic acids is 1. The highest BCUT2D eigenvalue weighted by Gasteiger charge is 2.42. The maximum absolute atomic E-state index is 14.9. The Balaban J connectivity index is 1.62. The molecule has 7 nitrogen and oxygen atoms in total. The smallest absolute Gasteiger partial charge is 0.229 e. The van der Waals surface area contributed by atoms with Gasteiger partial charge in [-0.15, -0.1) is 0 Å². The molecule has 2 N–H and O–H groups in total. The third kappa shape index (κ3) is 5.09. The number of pyridine rings is 1. The van der Waals surface area contributed by atoms with Crippen molar-refractivity contribution in [3.05, 3.63) is 102 Å². The van der Waals surface area contributed by atoms with Gasteiger partial charge in [-0.2, -0.15) is 0 Å². The minimum Gasteiger partial charge on any atom is -0.494 e. The van der Waals surface area contributed by atoms with Gasteiger partial charge in [0.15, 0.2) is 5.11 Å². The lowest BCUT2D eigenvalue weighted by Gasteiger charge is -2.29. The highest BCUT2D eigenvalue weighted by Crippen LogP contribution is 2.44. The van der Waals surface area contributed by atoms with Gasteiger partial charge in [0.25, 0.3) is 0 Å². The van der Waals surface area contributed by atoms with Crippen LogP contribution in [-0.2, 0) is 4.79 Å². The van der Waals surface area contributed by atoms with Crippen LogP contribution in [0, 0.1) is 11.2 Å². The number of methoxy groups -OCH3 is 1. The molecule has 9 heteroatoms. The summed E-state index contributed by atoms with van der Waals surface area (Å²) in [6, 6.07) is 21.1. The molecule has 0 aliphatic carbocycles. The van der Waals surface area contributed by atoms with E-state index in [0.29, 0.717) is 22.2 Å². The first kappa shape index (κ1) is 26.4. The predicted octanol–water partition coefficient (Wildman–Crippen LogP) is 6.18. The first-order valence-electron chi connectivity index (χ1n) is 12.6. The van der Waals surface area contributed by atoms with Gasteiger partial charge in [-0.05, 0) is 60.7 Å². The van der Waals surface area contributed by atoms with E-state index in [1.165, 1.54) is 6.07 Å². The average molecular weight is 544 g/mol. The normalized spacial score (nSPS) is 17.2. The van der Waals surface area contributed by atoms with Crippen LogP contribution >= 0.6 is 12.2 Å². The number of hydrogen-bond donors (Lipinski definition) is 2. The van der Waals surface area contributed by atoms with Gasteiger partial charge in [-0.1, -0.05) is 39.0 Å². The Labute approximate surface area is 232 Å². The van der Waals surface area contributed by atoms with Crippen molar-refractivity contribution < 1.29 is 13.9 Å². The maximum atomic E-state index is 14.9. The minimum absolute atomic E-state index is 0.122. The van der Waals surface area contributed by atoms with Crippen LogP contribution in [0.3, 0.4) is 0 Å². The lowest BCUT2D eigenvalue weighted by molar-refractivity contribution is -0.123. The van der Waals surface area contributed by atoms with Crippen LogP contribution < -0.4 is 20.3 Å². The second-order valence-electron chi connectivity index (χ2n) is 10.3. The van der Waals surface area contributed by atoms with Gasteiger partial charge < -0.3 is 24.8 Å². The summed E-state index contributed by atoms with van der Waals surface area (Å²) in [6.45, 7) is 5.56. The number of nitrogens with zero attached hydrogens (tertiary/aromatic N) is 3. The van der Waals surface area contributed by atoms with Crippen molar-refractivity contribution in [1.29, 1.82) is 0 Å². The first-order valence-corrected chi connectivity index (χ1v) is 13.0. The molecule has 2 atom stereocenters. The summed E-state index contributed by atoms with van der Waals surface area (Å²) in [7, 11) is 1.56. The zero-order valence-corrected chi connectivity index (χ0v) is 23.0. The summed E-state index contributed by atoms with van der Waals surface area (Å²) in [5.74, 6) is 0.0465. The van der Waals surface area contributed by atoms with Crippen molar-refractivity contribution in [2.75, 3.05) is 17.3 Å². The molecule has 0 saturated carbocycles. The monoisotopic (exact) mass is 543 g/mol. The van der Waals surface area contributed by atoms with Crippen LogP contribution in [-0.4, -0.2) is 27.7 Å². The van der Waals surface area contributed by atoms with Crippen LogP contribution in [0.5, 0.6) is 5.75 Å². The van der Waals surface area contributed by atoms with E-state index in [0.717, 1.165) is 17.1 Å². The van der Waals surface area contributed by atoms with Gasteiger partial charge in [0.05, 0.1) is 30.2 Å². The molecule has 1 amide bonds. The molecule has 200 valence electrons. The van der Waals surface area contributed by atoms with Crippen LogP contribution in [0.2, 0.25) is 0 Å². The summed E-state index contributed by atoms with van der Waals surface area (Å²) in [4.78, 5) is 19.2. The van der Waals surface area contributed by atoms with E-state index >= 15 is 0 Å². The second-order valence-corrected chi connectivity index (χ2v) is 10.7. The van der Waals surface area contributed by atoms with Gasteiger partial charge in [0, 0.05) is 35.3 Å². The maximum Gasteiger partial charge on any atom is 0.229 e. The second kappa shape index (κ2) is 10.5. The van der Waals surface area contributed by atoms with E-state index in [4.69, 9.17) is 17.0 Å². The molecule has 1 saturated heterocycles. The summed E-state index contributed by atoms with van der Waals surface area (Å²) >= 11 is 5.86. The molecule has 4 aromatic rings. The van der Waals surface area contributed by atoms with Crippen LogP contribution in [0.4, 0.5) is 15.8 Å². The number of ether oxygens (including phenoxy) is 1. The number of hydrogen-bond acceptors (Lipinski definition) is 4. The van der Waals surface area contributed by atoms with Crippen molar-refractivity contribution in [2.24, 2.45) is 5.41 Å². The van der Waals surface area contributed by atoms with Gasteiger partial charge in [0.1, 0.15) is 17.6 Å². The fourth-order valence-corrected chi connectivity index (χ4v) is 5.02. The number of para-hydroxylation sites is 1. The number of anilines is 2. The molecule has 0 spiro atoms. The Hall–Kier alpha value is -4.24. The Kier molecular flexibility index (Phi) is 7.10. The highest BCUT2D eigenvalue weighted by molar-refractivity contribution is 7.80. The van der Waals surface area contributed by atoms with E-state index < -0.39 is 5.41 Å². The van der Waals surface area contributed by atoms with Gasteiger partial charge in [-0.3, -0.25) is 9.78 Å². The molecule has 0 unspecified atom stereocenters. The topological polar surface area (TPSA) is 71.4 Å². The summed E-state index contributed by atoms with van der Waals surface area (Å²) in [5, 5.41) is 6.88. The van der Waals surface area contributed by atoms with E-state index in [-0.39, 0.29) is 23.8 Å². The third-order valence-corrected chi connectivity index (χ3v) is 7.00. The quantitative estimate of drug-likeness (QED) is 0.283. The van der Waals surface area contributed by atoms with Crippen molar-refractivity contribution in [3.63, 3.8) is 0 Å². The van der Waals surface area contributed by atoms with Crippen LogP contribution in [0.1, 0.15) is 44.2 Å². The third-order valence-electron chi connectivity index (χ3n) is 6.69. The number of halogens is 1. The molecule has 0 radical (unpaired) electrons. The standard InChI is InChI=1S/C30H30FN5O2S/c1-30(2,3)28(37)33-21-15-14-19(18-25(21)38-4)36-27(26(34-29(36)39)22-11-7-8-16-32-22)24-13-9-17-35(24)23-12-6-5-10-20(23)31/h5-18,26-27H,1-4H3,(H,33,37)(H,34,39)/t26-,27+/m0/s1. The zero-order valence-electron chi connectivity index (χ0n) is 22.2. The molecule has 0 bridgehead atoms. The Morgan fingerprint density at radius 2 is 1.85 bits per heavy atom. The highest BCUT2D eigenvalue weighted by atomic mass is 32.1. The van der Waals surface area contributed by atoms with E-state index in [1.54, 1.807) is 25.4 Å². The summed E-state index contributed by atoms with van der Waals surface area (Å²) < 4.78 is 22.4. The van der Waals surface area contributed by atoms with E-state index in [2.05, 4.69) is 15.6 Å². The van der Waals surface area contributed by atoms with Crippen molar-refractivity contribution in [2.45, 2.75) is 32.9 Å². The van der Waals surface area contributed by atoms with Crippen molar-refractivity contribution in [3.8, 4) is 11.4 Å². The number of benzene rings is 2. The molecular weight excluding hydrogens is 513 g/mol. The molecule has 5 rings (SSSR count). The lowest BCUT2D eigenvalue weighted by atomic mass is 9.95. The molecular formula is C30H30FN5O2S. The Bertz CT molecular complexity index is 1520. The fraction of sp³-hybridized carbons (Fsp3) is 0.233. The van der Waals surface area contributed by atoms with Gasteiger partial charge in [-0.25, -0.2) is 4.39 Å². The number of rotatable bonds is 6. The molecule has 2 aromatic heterocycles. The zero-order chi connectivity index (χ0) is 27.7. The molecule has 39 heavy (non-hydrogen) atoms. The molecule has 1 fully saturated rings. The number of aromatic nitrogens is 2.